The Labute approximate surface area is 125 Å². The summed E-state index contributed by atoms with van der Waals surface area (Å²) < 4.78 is 5.01. The van der Waals surface area contributed by atoms with E-state index in [9.17, 15) is 14.4 Å². The van der Waals surface area contributed by atoms with Gasteiger partial charge >= 0.3 is 5.97 Å². The van der Waals surface area contributed by atoms with Crippen LogP contribution in [0.1, 0.15) is 6.42 Å². The van der Waals surface area contributed by atoms with Crippen molar-refractivity contribution in [2.45, 2.75) is 6.42 Å². The lowest BCUT2D eigenvalue weighted by atomic mass is 10.3. The monoisotopic (exact) mass is 312 g/mol. The van der Waals surface area contributed by atoms with E-state index in [4.69, 9.17) is 15.6 Å². The van der Waals surface area contributed by atoms with Crippen molar-refractivity contribution in [1.82, 2.24) is 0 Å². The zero-order chi connectivity index (χ0) is 15.7. The largest absolute Gasteiger partial charge is 0.482 e. The molecular weight excluding hydrogens is 296 g/mol. The Bertz CT molecular complexity index is 521. The van der Waals surface area contributed by atoms with Crippen LogP contribution in [0.15, 0.2) is 24.3 Å². The highest BCUT2D eigenvalue weighted by molar-refractivity contribution is 7.99. The minimum absolute atomic E-state index is 0.186. The molecule has 114 valence electrons. The van der Waals surface area contributed by atoms with Gasteiger partial charge in [-0.15, -0.1) is 0 Å². The molecule has 0 bridgehead atoms. The number of ether oxygens (including phenoxy) is 1. The van der Waals surface area contributed by atoms with Crippen LogP contribution in [0, 0.1) is 0 Å². The zero-order valence-corrected chi connectivity index (χ0v) is 12.0. The number of rotatable bonds is 9. The first kappa shape index (κ1) is 16.8. The highest BCUT2D eigenvalue weighted by Gasteiger charge is 2.05. The molecule has 0 aromatic heterocycles. The second-order valence-corrected chi connectivity index (χ2v) is 5.13. The number of aliphatic carboxylic acids is 1. The average Bonchev–Trinajstić information content (AvgIpc) is 2.41. The van der Waals surface area contributed by atoms with Crippen LogP contribution in [-0.4, -0.2) is 41.0 Å². The molecule has 0 atom stereocenters. The van der Waals surface area contributed by atoms with Crippen LogP contribution in [0.4, 0.5) is 5.69 Å². The van der Waals surface area contributed by atoms with Crippen molar-refractivity contribution in [2.24, 2.45) is 5.73 Å². The molecule has 0 heterocycles. The van der Waals surface area contributed by atoms with Gasteiger partial charge in [0.25, 0.3) is 0 Å². The Hall–Kier alpha value is -2.22. The fourth-order valence-electron chi connectivity index (χ4n) is 1.37. The molecule has 7 nitrogen and oxygen atoms in total. The lowest BCUT2D eigenvalue weighted by Gasteiger charge is -2.07. The van der Waals surface area contributed by atoms with Crippen LogP contribution in [-0.2, 0) is 14.4 Å². The van der Waals surface area contributed by atoms with Gasteiger partial charge in [0.2, 0.25) is 11.8 Å². The smallest absolute Gasteiger partial charge is 0.341 e. The van der Waals surface area contributed by atoms with Crippen LogP contribution in [0.5, 0.6) is 5.75 Å². The molecule has 21 heavy (non-hydrogen) atoms. The maximum Gasteiger partial charge on any atom is 0.341 e. The maximum absolute atomic E-state index is 11.7. The molecule has 8 heteroatoms. The molecule has 0 saturated carbocycles. The van der Waals surface area contributed by atoms with E-state index in [1.807, 2.05) is 0 Å². The van der Waals surface area contributed by atoms with Gasteiger partial charge in [-0.2, -0.15) is 11.8 Å². The Balaban J connectivity index is 2.39. The summed E-state index contributed by atoms with van der Waals surface area (Å²) in [6.45, 7) is -0.443. The van der Waals surface area contributed by atoms with Crippen molar-refractivity contribution in [3.8, 4) is 5.75 Å². The molecule has 0 radical (unpaired) electrons. The molecule has 1 aromatic rings. The second kappa shape index (κ2) is 8.85. The molecule has 0 fully saturated rings. The number of benzene rings is 1. The van der Waals surface area contributed by atoms with Crippen LogP contribution in [0.2, 0.25) is 0 Å². The molecule has 0 saturated heterocycles. The third-order valence-electron chi connectivity index (χ3n) is 2.20. The number of anilines is 1. The van der Waals surface area contributed by atoms with Crippen LogP contribution in [0.25, 0.3) is 0 Å². The van der Waals surface area contributed by atoms with Gasteiger partial charge in [0.1, 0.15) is 5.75 Å². The van der Waals surface area contributed by atoms with Crippen molar-refractivity contribution in [3.63, 3.8) is 0 Å². The molecule has 0 unspecified atom stereocenters. The van der Waals surface area contributed by atoms with Gasteiger partial charge in [-0.3, -0.25) is 9.59 Å². The van der Waals surface area contributed by atoms with E-state index >= 15 is 0 Å². The van der Waals surface area contributed by atoms with Gasteiger partial charge < -0.3 is 20.9 Å². The first-order chi connectivity index (χ1) is 9.97. The number of nitrogens with one attached hydrogen (secondary N) is 1. The number of carboxylic acid groups (broad SMARTS) is 1. The predicted molar refractivity (Wildman–Crippen MR) is 79.3 cm³/mol. The third kappa shape index (κ3) is 7.83. The molecule has 0 aliphatic heterocycles. The fourth-order valence-corrected chi connectivity index (χ4v) is 2.05. The molecular formula is C13H16N2O5S. The Kier molecular flexibility index (Phi) is 7.10. The molecule has 2 amide bonds. The molecule has 4 N–H and O–H groups in total. The number of carboxylic acids is 1. The number of primary amides is 1. The standard InChI is InChI=1S/C13H16N2O5S/c14-11(16)8-21-5-4-12(17)15-9-2-1-3-10(6-9)20-7-13(18)19/h1-3,6H,4-5,7-8H2,(H2,14,16)(H,15,17)(H,18,19). The average molecular weight is 312 g/mol. The molecule has 1 aromatic carbocycles. The Morgan fingerprint density at radius 2 is 2.10 bits per heavy atom. The van der Waals surface area contributed by atoms with Gasteiger partial charge in [0.15, 0.2) is 6.61 Å². The van der Waals surface area contributed by atoms with E-state index in [1.165, 1.54) is 17.8 Å². The Morgan fingerprint density at radius 3 is 2.76 bits per heavy atom. The molecule has 0 aliphatic carbocycles. The number of nitrogens with two attached hydrogens (primary N) is 1. The lowest BCUT2D eigenvalue weighted by molar-refractivity contribution is -0.139. The minimum atomic E-state index is -1.07. The fraction of sp³-hybridized carbons (Fsp3) is 0.308. The topological polar surface area (TPSA) is 119 Å². The highest BCUT2D eigenvalue weighted by atomic mass is 32.2. The highest BCUT2D eigenvalue weighted by Crippen LogP contribution is 2.17. The summed E-state index contributed by atoms with van der Waals surface area (Å²) in [6.07, 6.45) is 0.248. The molecule has 0 aliphatic rings. The van der Waals surface area contributed by atoms with Gasteiger partial charge in [0, 0.05) is 23.9 Å². The normalized spacial score (nSPS) is 9.90. The summed E-state index contributed by atoms with van der Waals surface area (Å²) >= 11 is 1.29. The summed E-state index contributed by atoms with van der Waals surface area (Å²) in [7, 11) is 0. The summed E-state index contributed by atoms with van der Waals surface area (Å²) in [5, 5.41) is 11.2. The van der Waals surface area contributed by atoms with E-state index in [0.29, 0.717) is 17.2 Å². The van der Waals surface area contributed by atoms with Crippen molar-refractivity contribution >= 4 is 35.2 Å². The van der Waals surface area contributed by atoms with Gasteiger partial charge in [-0.05, 0) is 12.1 Å². The van der Waals surface area contributed by atoms with Gasteiger partial charge in [-0.25, -0.2) is 4.79 Å². The summed E-state index contributed by atoms with van der Waals surface area (Å²) in [5.74, 6) is -0.657. The van der Waals surface area contributed by atoms with Gasteiger partial charge in [-0.1, -0.05) is 6.07 Å². The minimum Gasteiger partial charge on any atom is -0.482 e. The van der Waals surface area contributed by atoms with E-state index in [1.54, 1.807) is 18.2 Å². The van der Waals surface area contributed by atoms with Crippen LogP contribution < -0.4 is 15.8 Å². The number of carbonyl (C=O) groups is 3. The van der Waals surface area contributed by atoms with Crippen molar-refractivity contribution in [3.05, 3.63) is 24.3 Å². The van der Waals surface area contributed by atoms with Crippen LogP contribution >= 0.6 is 11.8 Å². The van der Waals surface area contributed by atoms with E-state index < -0.39 is 18.5 Å². The van der Waals surface area contributed by atoms with E-state index in [0.717, 1.165) is 0 Å². The first-order valence-corrected chi connectivity index (χ1v) is 7.23. The summed E-state index contributed by atoms with van der Waals surface area (Å²) in [6, 6.07) is 6.45. The van der Waals surface area contributed by atoms with Crippen molar-refractivity contribution in [1.29, 1.82) is 0 Å². The summed E-state index contributed by atoms with van der Waals surface area (Å²) in [5.41, 5.74) is 5.50. The molecule has 0 spiro atoms. The van der Waals surface area contributed by atoms with Crippen molar-refractivity contribution in [2.75, 3.05) is 23.4 Å². The zero-order valence-electron chi connectivity index (χ0n) is 11.2. The van der Waals surface area contributed by atoms with E-state index in [2.05, 4.69) is 5.32 Å². The number of hydrogen-bond acceptors (Lipinski definition) is 5. The number of carbonyl (C=O) groups excluding carboxylic acids is 2. The summed E-state index contributed by atoms with van der Waals surface area (Å²) in [4.78, 5) is 32.6. The third-order valence-corrected chi connectivity index (χ3v) is 3.18. The second-order valence-electron chi connectivity index (χ2n) is 4.03. The quantitative estimate of drug-likeness (QED) is 0.577. The predicted octanol–water partition coefficient (Wildman–Crippen LogP) is 0.697. The van der Waals surface area contributed by atoms with Gasteiger partial charge in [0.05, 0.1) is 5.75 Å². The lowest BCUT2D eigenvalue weighted by Crippen LogP contribution is -2.15. The number of hydrogen-bond donors (Lipinski definition) is 3. The van der Waals surface area contributed by atoms with E-state index in [-0.39, 0.29) is 18.1 Å². The van der Waals surface area contributed by atoms with Crippen LogP contribution in [0.3, 0.4) is 0 Å². The Morgan fingerprint density at radius 1 is 1.33 bits per heavy atom. The van der Waals surface area contributed by atoms with Crippen molar-refractivity contribution < 1.29 is 24.2 Å². The number of amides is 2. The SMILES string of the molecule is NC(=O)CSCCC(=O)Nc1cccc(OCC(=O)O)c1. The molecule has 1 rings (SSSR count). The first-order valence-electron chi connectivity index (χ1n) is 6.08. The number of thioether (sulfide) groups is 1. The maximum atomic E-state index is 11.7.